The van der Waals surface area contributed by atoms with Crippen LogP contribution in [0.15, 0.2) is 72.9 Å². The molecular weight excluding hydrogens is 943 g/mol. The lowest BCUT2D eigenvalue weighted by molar-refractivity contribution is -0.302. The summed E-state index contributed by atoms with van der Waals surface area (Å²) in [7, 11) is 0. The summed E-state index contributed by atoms with van der Waals surface area (Å²) in [4.78, 5) is 25.0. The van der Waals surface area contributed by atoms with Gasteiger partial charge in [0.05, 0.1) is 32.0 Å². The van der Waals surface area contributed by atoms with E-state index >= 15 is 0 Å². The summed E-state index contributed by atoms with van der Waals surface area (Å²) < 4.78 is 16.7. The molecule has 6 N–H and O–H groups in total. The summed E-state index contributed by atoms with van der Waals surface area (Å²) in [6, 6.07) is -0.843. The number of nitrogens with one attached hydrogen (secondary N) is 1. The topological polar surface area (TPSA) is 175 Å². The quantitative estimate of drug-likeness (QED) is 0.0195. The molecule has 0 radical (unpaired) electrons. The van der Waals surface area contributed by atoms with Crippen molar-refractivity contribution in [2.75, 3.05) is 19.8 Å². The number of hydrogen-bond acceptors (Lipinski definition) is 10. The Morgan fingerprint density at radius 3 is 1.44 bits per heavy atom. The molecule has 1 amide bonds. The minimum absolute atomic E-state index is 0.0166. The van der Waals surface area contributed by atoms with Gasteiger partial charge in [0.25, 0.3) is 0 Å². The van der Waals surface area contributed by atoms with E-state index in [0.717, 1.165) is 103 Å². The van der Waals surface area contributed by atoms with Gasteiger partial charge in [-0.25, -0.2) is 0 Å². The zero-order valence-electron chi connectivity index (χ0n) is 47.7. The van der Waals surface area contributed by atoms with Gasteiger partial charge < -0.3 is 45.1 Å². The van der Waals surface area contributed by atoms with E-state index in [2.05, 4.69) is 79.9 Å². The molecule has 1 aliphatic heterocycles. The Morgan fingerprint density at radius 2 is 0.920 bits per heavy atom. The van der Waals surface area contributed by atoms with Gasteiger partial charge in [-0.1, -0.05) is 209 Å². The van der Waals surface area contributed by atoms with Crippen molar-refractivity contribution >= 4 is 11.9 Å². The van der Waals surface area contributed by atoms with Gasteiger partial charge in [0.2, 0.25) is 5.91 Å². The molecule has 0 bridgehead atoms. The predicted octanol–water partition coefficient (Wildman–Crippen LogP) is 14.4. The Labute approximate surface area is 458 Å². The number of amides is 1. The largest absolute Gasteiger partial charge is 0.466 e. The van der Waals surface area contributed by atoms with Crippen LogP contribution in [0.25, 0.3) is 0 Å². The third kappa shape index (κ3) is 42.8. The van der Waals surface area contributed by atoms with Gasteiger partial charge in [-0.05, 0) is 109 Å². The van der Waals surface area contributed by atoms with Crippen LogP contribution >= 0.6 is 0 Å². The van der Waals surface area contributed by atoms with E-state index < -0.39 is 49.5 Å². The van der Waals surface area contributed by atoms with Crippen molar-refractivity contribution < 1.29 is 49.3 Å². The maximum absolute atomic E-state index is 13.0. The molecule has 11 heteroatoms. The number of unbranched alkanes of at least 4 members (excludes halogenated alkanes) is 28. The molecule has 11 nitrogen and oxygen atoms in total. The van der Waals surface area contributed by atoms with Crippen molar-refractivity contribution in [3.63, 3.8) is 0 Å². The normalized spacial score (nSPS) is 19.3. The number of aliphatic hydroxyl groups is 5. The van der Waals surface area contributed by atoms with E-state index in [1.54, 1.807) is 6.08 Å². The zero-order chi connectivity index (χ0) is 54.5. The predicted molar refractivity (Wildman–Crippen MR) is 310 cm³/mol. The molecule has 0 saturated carbocycles. The van der Waals surface area contributed by atoms with Crippen molar-refractivity contribution in [1.82, 2.24) is 5.32 Å². The van der Waals surface area contributed by atoms with Crippen LogP contribution in [-0.2, 0) is 23.8 Å². The fraction of sp³-hybridized carbons (Fsp3) is 0.781. The van der Waals surface area contributed by atoms with Crippen LogP contribution in [0.2, 0.25) is 0 Å². The van der Waals surface area contributed by atoms with Crippen LogP contribution < -0.4 is 5.32 Å². The molecule has 1 rings (SSSR count). The van der Waals surface area contributed by atoms with Crippen LogP contribution in [0.3, 0.4) is 0 Å². The van der Waals surface area contributed by atoms with E-state index in [1.807, 2.05) is 6.08 Å². The molecule has 0 aliphatic carbocycles. The second-order valence-electron chi connectivity index (χ2n) is 21.0. The lowest BCUT2D eigenvalue weighted by Crippen LogP contribution is -2.60. The van der Waals surface area contributed by atoms with Crippen LogP contribution in [-0.4, -0.2) is 100 Å². The summed E-state index contributed by atoms with van der Waals surface area (Å²) in [5.74, 6) is -0.226. The summed E-state index contributed by atoms with van der Waals surface area (Å²) in [5.41, 5.74) is 0. The number of esters is 1. The van der Waals surface area contributed by atoms with E-state index in [-0.39, 0.29) is 18.5 Å². The Kier molecular flexibility index (Phi) is 49.7. The molecule has 1 fully saturated rings. The fourth-order valence-corrected chi connectivity index (χ4v) is 9.06. The van der Waals surface area contributed by atoms with E-state index in [4.69, 9.17) is 14.2 Å². The summed E-state index contributed by atoms with van der Waals surface area (Å²) in [6.45, 7) is 4.23. The number of aliphatic hydroxyl groups excluding tert-OH is 5. The molecule has 7 unspecified atom stereocenters. The van der Waals surface area contributed by atoms with Crippen LogP contribution in [0.5, 0.6) is 0 Å². The number of ether oxygens (including phenoxy) is 3. The molecule has 434 valence electrons. The van der Waals surface area contributed by atoms with Gasteiger partial charge in [0.1, 0.15) is 24.4 Å². The van der Waals surface area contributed by atoms with E-state index in [0.29, 0.717) is 19.4 Å². The number of rotatable bonds is 52. The molecule has 1 heterocycles. The first-order valence-corrected chi connectivity index (χ1v) is 30.7. The van der Waals surface area contributed by atoms with Crippen molar-refractivity contribution in [1.29, 1.82) is 0 Å². The Morgan fingerprint density at radius 1 is 0.493 bits per heavy atom. The SMILES string of the molecule is CCCC/C=C/CC/C=C/CC/C=C/C(O)C(COC1OC(CO)C(O)C(O)C1O)NC(=O)CCCCCCCCC/C=C\C/C=C\CCCCCCCCCCCOC(=O)CCCCCCC/C=C\CCCCC. The summed E-state index contributed by atoms with van der Waals surface area (Å²) >= 11 is 0. The Hall–Kier alpha value is -2.90. The van der Waals surface area contributed by atoms with Gasteiger partial charge in [-0.15, -0.1) is 0 Å². The van der Waals surface area contributed by atoms with Gasteiger partial charge in [-0.2, -0.15) is 0 Å². The molecule has 0 aromatic carbocycles. The lowest BCUT2D eigenvalue weighted by atomic mass is 9.99. The number of hydrogen-bond donors (Lipinski definition) is 6. The summed E-state index contributed by atoms with van der Waals surface area (Å²) in [5, 5.41) is 54.3. The molecular formula is C64H113NO10. The number of carbonyl (C=O) groups is 2. The average molecular weight is 1060 g/mol. The highest BCUT2D eigenvalue weighted by Gasteiger charge is 2.44. The van der Waals surface area contributed by atoms with Crippen molar-refractivity contribution in [2.24, 2.45) is 0 Å². The smallest absolute Gasteiger partial charge is 0.305 e. The highest BCUT2D eigenvalue weighted by molar-refractivity contribution is 5.76. The van der Waals surface area contributed by atoms with Crippen molar-refractivity contribution in [3.8, 4) is 0 Å². The first kappa shape index (κ1) is 70.1. The van der Waals surface area contributed by atoms with Crippen LogP contribution in [0.1, 0.15) is 258 Å². The Balaban J connectivity index is 2.08. The first-order valence-electron chi connectivity index (χ1n) is 30.7. The zero-order valence-corrected chi connectivity index (χ0v) is 47.7. The minimum Gasteiger partial charge on any atom is -0.466 e. The van der Waals surface area contributed by atoms with Gasteiger partial charge in [0.15, 0.2) is 6.29 Å². The number of allylic oxidation sites excluding steroid dienone is 11. The minimum atomic E-state index is -1.58. The highest BCUT2D eigenvalue weighted by Crippen LogP contribution is 2.23. The van der Waals surface area contributed by atoms with Crippen LogP contribution in [0.4, 0.5) is 0 Å². The molecule has 1 aliphatic rings. The molecule has 1 saturated heterocycles. The van der Waals surface area contributed by atoms with Crippen LogP contribution in [0, 0.1) is 0 Å². The second-order valence-corrected chi connectivity index (χ2v) is 21.0. The van der Waals surface area contributed by atoms with Crippen molar-refractivity contribution in [2.45, 2.75) is 301 Å². The molecule has 0 aromatic heterocycles. The molecule has 7 atom stereocenters. The number of carbonyl (C=O) groups excluding carboxylic acids is 2. The summed E-state index contributed by atoms with van der Waals surface area (Å²) in [6.07, 6.45) is 60.0. The van der Waals surface area contributed by atoms with Gasteiger partial charge in [0, 0.05) is 12.8 Å². The van der Waals surface area contributed by atoms with Crippen molar-refractivity contribution in [3.05, 3.63) is 72.9 Å². The molecule has 0 spiro atoms. The molecule has 75 heavy (non-hydrogen) atoms. The maximum atomic E-state index is 13.0. The molecule has 0 aromatic rings. The third-order valence-electron chi connectivity index (χ3n) is 14.0. The third-order valence-corrected chi connectivity index (χ3v) is 14.0. The average Bonchev–Trinajstić information content (AvgIpc) is 3.41. The Bertz CT molecular complexity index is 1470. The standard InChI is InChI=1S/C64H113NO10/c1-3-5-7-9-11-13-15-30-34-38-42-46-50-57(67)56(55-74-64-63(72)62(71)61(70)58(54-66)75-64)65-59(68)51-47-43-39-35-31-28-26-24-22-20-18-17-19-21-23-25-27-29-33-37-41-45-49-53-73-60(69)52-48-44-40-36-32-16-14-12-10-8-6-4-2/h9,11-12,14,17,19-20,22,30,34,46,50,56-58,61-64,66-67,70-72H,3-8,10,13,15-16,18,21,23-29,31-33,35-45,47-49,51-55H2,1-2H3,(H,65,68)/b11-9+,14-12-,19-17-,22-20-,34-30+,50-46+. The first-order chi connectivity index (χ1) is 36.7. The highest BCUT2D eigenvalue weighted by atomic mass is 16.7. The van der Waals surface area contributed by atoms with Gasteiger partial charge in [-0.3, -0.25) is 9.59 Å². The van der Waals surface area contributed by atoms with E-state index in [1.165, 1.54) is 128 Å². The fourth-order valence-electron chi connectivity index (χ4n) is 9.06. The maximum Gasteiger partial charge on any atom is 0.305 e. The van der Waals surface area contributed by atoms with E-state index in [9.17, 15) is 35.1 Å². The second kappa shape index (κ2) is 53.1. The monoisotopic (exact) mass is 1060 g/mol. The van der Waals surface area contributed by atoms with Gasteiger partial charge >= 0.3 is 5.97 Å². The lowest BCUT2D eigenvalue weighted by Gasteiger charge is -2.40.